The van der Waals surface area contributed by atoms with Crippen molar-refractivity contribution in [1.82, 2.24) is 9.97 Å². The highest BCUT2D eigenvalue weighted by Crippen LogP contribution is 2.40. The molecule has 6 nitrogen and oxygen atoms in total. The Morgan fingerprint density at radius 2 is 2.07 bits per heavy atom. The van der Waals surface area contributed by atoms with E-state index in [0.717, 1.165) is 28.1 Å². The molecule has 0 atom stereocenters. The van der Waals surface area contributed by atoms with Gasteiger partial charge in [-0.25, -0.2) is 9.97 Å². The molecule has 1 amide bonds. The predicted molar refractivity (Wildman–Crippen MR) is 106 cm³/mol. The molecule has 1 aliphatic heterocycles. The molecule has 0 bridgehead atoms. The number of anilines is 1. The number of aryl methyl sites for hydroxylation is 2. The van der Waals surface area contributed by atoms with E-state index < -0.39 is 0 Å². The fourth-order valence-corrected chi connectivity index (χ4v) is 5.58. The quantitative estimate of drug-likeness (QED) is 0.533. The van der Waals surface area contributed by atoms with Gasteiger partial charge in [-0.05, 0) is 37.0 Å². The number of ether oxygens (including phenoxy) is 2. The molecule has 0 radical (unpaired) electrons. The molecule has 1 aliphatic carbocycles. The molecule has 0 unspecified atom stereocenters. The normalized spacial score (nSPS) is 15.0. The Hall–Kier alpha value is -2.32. The summed E-state index contributed by atoms with van der Waals surface area (Å²) in [5.74, 6) is 1.60. The lowest BCUT2D eigenvalue weighted by molar-refractivity contribution is -0.113. The van der Waals surface area contributed by atoms with Crippen molar-refractivity contribution in [2.75, 3.05) is 24.3 Å². The molecule has 3 heterocycles. The lowest BCUT2D eigenvalue weighted by atomic mass is 10.2. The molecule has 27 heavy (non-hydrogen) atoms. The first kappa shape index (κ1) is 16.8. The van der Waals surface area contributed by atoms with Gasteiger partial charge in [-0.3, -0.25) is 4.79 Å². The summed E-state index contributed by atoms with van der Waals surface area (Å²) < 4.78 is 11.1. The fourth-order valence-electron chi connectivity index (χ4n) is 3.46. The van der Waals surface area contributed by atoms with Crippen molar-refractivity contribution in [3.63, 3.8) is 0 Å². The summed E-state index contributed by atoms with van der Waals surface area (Å²) in [5, 5.41) is 4.97. The van der Waals surface area contributed by atoms with E-state index in [1.807, 2.05) is 12.1 Å². The highest BCUT2D eigenvalue weighted by Gasteiger charge is 2.21. The van der Waals surface area contributed by atoms with Crippen molar-refractivity contribution in [3.8, 4) is 11.5 Å². The molecule has 0 spiro atoms. The third-order valence-corrected chi connectivity index (χ3v) is 6.82. The summed E-state index contributed by atoms with van der Waals surface area (Å²) in [5.41, 5.74) is 2.08. The Bertz CT molecular complexity index is 1030. The van der Waals surface area contributed by atoms with Gasteiger partial charge in [0.2, 0.25) is 5.91 Å². The number of nitrogens with zero attached hydrogens (tertiary/aromatic N) is 2. The number of carbonyl (C=O) groups is 1. The van der Waals surface area contributed by atoms with Crippen LogP contribution in [0.1, 0.15) is 16.9 Å². The molecule has 8 heteroatoms. The van der Waals surface area contributed by atoms with Crippen molar-refractivity contribution in [2.45, 2.75) is 24.3 Å². The molecule has 0 saturated carbocycles. The maximum atomic E-state index is 12.4. The number of aromatic nitrogens is 2. The van der Waals surface area contributed by atoms with Crippen LogP contribution in [-0.4, -0.2) is 34.8 Å². The summed E-state index contributed by atoms with van der Waals surface area (Å²) in [6, 6.07) is 5.44. The number of amides is 1. The molecule has 3 aromatic rings. The van der Waals surface area contributed by atoms with Gasteiger partial charge in [0, 0.05) is 22.0 Å². The molecular weight excluding hydrogens is 382 g/mol. The monoisotopic (exact) mass is 399 g/mol. The summed E-state index contributed by atoms with van der Waals surface area (Å²) in [6.07, 6.45) is 5.00. The Morgan fingerprint density at radius 3 is 3.00 bits per heavy atom. The molecule has 138 valence electrons. The third kappa shape index (κ3) is 3.23. The van der Waals surface area contributed by atoms with E-state index in [0.29, 0.717) is 36.2 Å². The van der Waals surface area contributed by atoms with Crippen LogP contribution in [0.3, 0.4) is 0 Å². The maximum absolute atomic E-state index is 12.4. The smallest absolute Gasteiger partial charge is 0.234 e. The fraction of sp³-hybridized carbons (Fsp3) is 0.316. The van der Waals surface area contributed by atoms with Crippen LogP contribution in [0.2, 0.25) is 0 Å². The van der Waals surface area contributed by atoms with Crippen molar-refractivity contribution in [3.05, 3.63) is 35.0 Å². The van der Waals surface area contributed by atoms with Gasteiger partial charge in [0.15, 0.2) is 11.5 Å². The number of hydrogen-bond donors (Lipinski definition) is 1. The number of carbonyl (C=O) groups excluding carboxylic acids is 1. The minimum Gasteiger partial charge on any atom is -0.486 e. The second kappa shape index (κ2) is 7.01. The lowest BCUT2D eigenvalue weighted by Crippen LogP contribution is -2.17. The van der Waals surface area contributed by atoms with Crippen LogP contribution < -0.4 is 14.8 Å². The van der Waals surface area contributed by atoms with Gasteiger partial charge in [0.05, 0.1) is 5.75 Å². The van der Waals surface area contributed by atoms with Gasteiger partial charge in [0.1, 0.15) is 29.4 Å². The van der Waals surface area contributed by atoms with E-state index in [-0.39, 0.29) is 5.91 Å². The second-order valence-corrected chi connectivity index (χ2v) is 8.46. The number of fused-ring (bicyclic) bond motifs is 4. The predicted octanol–water partition coefficient (Wildman–Crippen LogP) is 3.68. The Morgan fingerprint density at radius 1 is 1.19 bits per heavy atom. The molecular formula is C19H17N3O3S2. The average Bonchev–Trinajstić information content (AvgIpc) is 3.27. The van der Waals surface area contributed by atoms with Gasteiger partial charge < -0.3 is 14.8 Å². The van der Waals surface area contributed by atoms with E-state index in [9.17, 15) is 4.79 Å². The van der Waals surface area contributed by atoms with Gasteiger partial charge >= 0.3 is 0 Å². The minimum atomic E-state index is -0.0738. The van der Waals surface area contributed by atoms with Gasteiger partial charge in [-0.2, -0.15) is 0 Å². The standard InChI is InChI=1S/C19H17N3O3S2/c23-16(22-11-4-5-13-14(8-11)25-7-6-24-13)9-26-18-17-12-2-1-3-15(12)27-19(17)21-10-20-18/h4-5,8,10H,1-3,6-7,9H2,(H,22,23). The zero-order chi connectivity index (χ0) is 18.2. The van der Waals surface area contributed by atoms with Crippen LogP contribution in [0.25, 0.3) is 10.2 Å². The Labute approximate surface area is 164 Å². The van der Waals surface area contributed by atoms with E-state index in [2.05, 4.69) is 15.3 Å². The van der Waals surface area contributed by atoms with Crippen LogP contribution in [0.5, 0.6) is 11.5 Å². The largest absolute Gasteiger partial charge is 0.486 e. The average molecular weight is 399 g/mol. The summed E-state index contributed by atoms with van der Waals surface area (Å²) in [7, 11) is 0. The summed E-state index contributed by atoms with van der Waals surface area (Å²) in [6.45, 7) is 1.07. The molecule has 1 aromatic carbocycles. The van der Waals surface area contributed by atoms with Crippen LogP contribution in [0, 0.1) is 0 Å². The van der Waals surface area contributed by atoms with Crippen LogP contribution >= 0.6 is 23.1 Å². The first-order valence-electron chi connectivity index (χ1n) is 8.85. The van der Waals surface area contributed by atoms with Crippen molar-refractivity contribution >= 4 is 44.9 Å². The van der Waals surface area contributed by atoms with Gasteiger partial charge in [-0.1, -0.05) is 11.8 Å². The number of hydrogen-bond acceptors (Lipinski definition) is 7. The lowest BCUT2D eigenvalue weighted by Gasteiger charge is -2.19. The number of thiophene rings is 1. The summed E-state index contributed by atoms with van der Waals surface area (Å²) in [4.78, 5) is 23.7. The summed E-state index contributed by atoms with van der Waals surface area (Å²) >= 11 is 3.22. The van der Waals surface area contributed by atoms with Gasteiger partial charge in [0.25, 0.3) is 0 Å². The number of nitrogens with one attached hydrogen (secondary N) is 1. The van der Waals surface area contributed by atoms with Crippen molar-refractivity contribution < 1.29 is 14.3 Å². The van der Waals surface area contributed by atoms with E-state index in [1.165, 1.54) is 28.6 Å². The number of rotatable bonds is 4. The van der Waals surface area contributed by atoms with Gasteiger partial charge in [-0.15, -0.1) is 11.3 Å². The SMILES string of the molecule is O=C(CSc1ncnc2sc3c(c12)CCC3)Nc1ccc2c(c1)OCCO2. The molecule has 0 saturated heterocycles. The first-order valence-corrected chi connectivity index (χ1v) is 10.7. The molecule has 2 aromatic heterocycles. The molecule has 0 fully saturated rings. The number of benzene rings is 1. The van der Waals surface area contributed by atoms with Crippen molar-refractivity contribution in [1.29, 1.82) is 0 Å². The first-order chi connectivity index (χ1) is 13.3. The highest BCUT2D eigenvalue weighted by molar-refractivity contribution is 8.00. The topological polar surface area (TPSA) is 73.3 Å². The van der Waals surface area contributed by atoms with E-state index >= 15 is 0 Å². The molecule has 5 rings (SSSR count). The number of thioether (sulfide) groups is 1. The minimum absolute atomic E-state index is 0.0738. The third-order valence-electron chi connectivity index (χ3n) is 4.63. The maximum Gasteiger partial charge on any atom is 0.234 e. The molecule has 2 aliphatic rings. The van der Waals surface area contributed by atoms with E-state index in [1.54, 1.807) is 23.7 Å². The Balaban J connectivity index is 1.29. The van der Waals surface area contributed by atoms with Crippen LogP contribution in [-0.2, 0) is 17.6 Å². The van der Waals surface area contributed by atoms with Crippen LogP contribution in [0.15, 0.2) is 29.6 Å². The highest BCUT2D eigenvalue weighted by atomic mass is 32.2. The van der Waals surface area contributed by atoms with Crippen molar-refractivity contribution in [2.24, 2.45) is 0 Å². The second-order valence-electron chi connectivity index (χ2n) is 6.41. The molecule has 1 N–H and O–H groups in total. The Kier molecular flexibility index (Phi) is 4.37. The van der Waals surface area contributed by atoms with E-state index in [4.69, 9.17) is 9.47 Å². The zero-order valence-corrected chi connectivity index (χ0v) is 16.1. The van der Waals surface area contributed by atoms with Crippen LogP contribution in [0.4, 0.5) is 5.69 Å². The zero-order valence-electron chi connectivity index (χ0n) is 14.5.